The third kappa shape index (κ3) is 2.60. The van der Waals surface area contributed by atoms with Crippen molar-refractivity contribution in [3.8, 4) is 0 Å². The molecule has 110 valence electrons. The standard InChI is InChI=1S/C15H23N3O2/c1-16-7-4-5-13(16)14(19)18-10-6-15(20,12-18)11-17-8-2-3-9-17/h4-5,7,20H,2-3,6,8-12H2,1H3. The van der Waals surface area contributed by atoms with Crippen molar-refractivity contribution in [3.63, 3.8) is 0 Å². The summed E-state index contributed by atoms with van der Waals surface area (Å²) in [7, 11) is 1.87. The molecule has 0 aromatic carbocycles. The van der Waals surface area contributed by atoms with Gasteiger partial charge in [-0.25, -0.2) is 0 Å². The SMILES string of the molecule is Cn1cccc1C(=O)N1CCC(O)(CN2CCCC2)C1. The smallest absolute Gasteiger partial charge is 0.270 e. The summed E-state index contributed by atoms with van der Waals surface area (Å²) in [4.78, 5) is 16.5. The maximum absolute atomic E-state index is 12.4. The van der Waals surface area contributed by atoms with E-state index in [1.54, 1.807) is 4.90 Å². The zero-order chi connectivity index (χ0) is 14.2. The molecule has 0 radical (unpaired) electrons. The molecule has 1 amide bonds. The molecule has 0 spiro atoms. The van der Waals surface area contributed by atoms with Crippen LogP contribution in [-0.2, 0) is 7.05 Å². The van der Waals surface area contributed by atoms with Gasteiger partial charge in [-0.3, -0.25) is 4.79 Å². The van der Waals surface area contributed by atoms with E-state index in [0.717, 1.165) is 13.1 Å². The lowest BCUT2D eigenvalue weighted by atomic mass is 10.0. The van der Waals surface area contributed by atoms with E-state index in [2.05, 4.69) is 4.90 Å². The van der Waals surface area contributed by atoms with Gasteiger partial charge >= 0.3 is 0 Å². The van der Waals surface area contributed by atoms with Gasteiger partial charge < -0.3 is 19.5 Å². The second kappa shape index (κ2) is 5.22. The highest BCUT2D eigenvalue weighted by molar-refractivity contribution is 5.93. The number of likely N-dealkylation sites (tertiary alicyclic amines) is 2. The molecule has 2 aliphatic rings. The van der Waals surface area contributed by atoms with Crippen LogP contribution in [0.1, 0.15) is 29.8 Å². The van der Waals surface area contributed by atoms with Crippen LogP contribution in [0.25, 0.3) is 0 Å². The fraction of sp³-hybridized carbons (Fsp3) is 0.667. The van der Waals surface area contributed by atoms with E-state index in [0.29, 0.717) is 31.7 Å². The number of β-amino-alcohol motifs (C(OH)–C–C–N with tert-alkyl or cyclic N) is 1. The van der Waals surface area contributed by atoms with E-state index in [9.17, 15) is 9.90 Å². The van der Waals surface area contributed by atoms with Gasteiger partial charge in [-0.15, -0.1) is 0 Å². The molecule has 3 heterocycles. The Morgan fingerprint density at radius 2 is 2.10 bits per heavy atom. The van der Waals surface area contributed by atoms with Crippen molar-refractivity contribution < 1.29 is 9.90 Å². The molecule has 1 N–H and O–H groups in total. The molecule has 0 aliphatic carbocycles. The third-order valence-corrected chi connectivity index (χ3v) is 4.50. The van der Waals surface area contributed by atoms with Crippen molar-refractivity contribution in [3.05, 3.63) is 24.0 Å². The summed E-state index contributed by atoms with van der Waals surface area (Å²) >= 11 is 0. The van der Waals surface area contributed by atoms with Crippen molar-refractivity contribution >= 4 is 5.91 Å². The van der Waals surface area contributed by atoms with Gasteiger partial charge in [0.15, 0.2) is 0 Å². The van der Waals surface area contributed by atoms with Crippen LogP contribution in [0.2, 0.25) is 0 Å². The van der Waals surface area contributed by atoms with Crippen LogP contribution < -0.4 is 0 Å². The summed E-state index contributed by atoms with van der Waals surface area (Å²) in [6, 6.07) is 3.71. The van der Waals surface area contributed by atoms with Gasteiger partial charge in [-0.2, -0.15) is 0 Å². The van der Waals surface area contributed by atoms with Crippen LogP contribution in [-0.4, -0.2) is 63.7 Å². The first kappa shape index (κ1) is 13.6. The molecule has 1 aromatic rings. The zero-order valence-corrected chi connectivity index (χ0v) is 12.1. The minimum Gasteiger partial charge on any atom is -0.387 e. The molecule has 2 fully saturated rings. The van der Waals surface area contributed by atoms with E-state index in [-0.39, 0.29) is 5.91 Å². The Morgan fingerprint density at radius 1 is 1.35 bits per heavy atom. The summed E-state index contributed by atoms with van der Waals surface area (Å²) < 4.78 is 1.83. The van der Waals surface area contributed by atoms with Gasteiger partial charge in [-0.05, 0) is 44.5 Å². The van der Waals surface area contributed by atoms with Crippen LogP contribution >= 0.6 is 0 Å². The first-order valence-electron chi connectivity index (χ1n) is 7.43. The van der Waals surface area contributed by atoms with Gasteiger partial charge in [0, 0.05) is 26.3 Å². The van der Waals surface area contributed by atoms with Crippen LogP contribution in [0, 0.1) is 0 Å². The van der Waals surface area contributed by atoms with Crippen molar-refractivity contribution in [2.24, 2.45) is 7.05 Å². The Hall–Kier alpha value is -1.33. The number of hydrogen-bond acceptors (Lipinski definition) is 3. The molecule has 20 heavy (non-hydrogen) atoms. The molecule has 5 nitrogen and oxygen atoms in total. The van der Waals surface area contributed by atoms with Gasteiger partial charge in [-0.1, -0.05) is 0 Å². The average molecular weight is 277 g/mol. The van der Waals surface area contributed by atoms with Gasteiger partial charge in [0.25, 0.3) is 5.91 Å². The van der Waals surface area contributed by atoms with Gasteiger partial charge in [0.2, 0.25) is 0 Å². The molecule has 1 aromatic heterocycles. The van der Waals surface area contributed by atoms with Crippen LogP contribution in [0.3, 0.4) is 0 Å². The molecular formula is C15H23N3O2. The van der Waals surface area contributed by atoms with E-state index < -0.39 is 5.60 Å². The van der Waals surface area contributed by atoms with E-state index >= 15 is 0 Å². The number of nitrogens with zero attached hydrogens (tertiary/aromatic N) is 3. The fourth-order valence-electron chi connectivity index (χ4n) is 3.36. The first-order valence-corrected chi connectivity index (χ1v) is 7.43. The average Bonchev–Trinajstić information content (AvgIpc) is 3.11. The molecule has 5 heteroatoms. The number of rotatable bonds is 3. The summed E-state index contributed by atoms with van der Waals surface area (Å²) in [6.07, 6.45) is 5.00. The molecule has 3 rings (SSSR count). The minimum absolute atomic E-state index is 0.0230. The maximum Gasteiger partial charge on any atom is 0.270 e. The number of carbonyl (C=O) groups excluding carboxylic acids is 1. The molecule has 1 atom stereocenters. The van der Waals surface area contributed by atoms with Crippen LogP contribution in [0.15, 0.2) is 18.3 Å². The number of carbonyl (C=O) groups is 1. The van der Waals surface area contributed by atoms with Crippen molar-refractivity contribution in [1.29, 1.82) is 0 Å². The van der Waals surface area contributed by atoms with Crippen molar-refractivity contribution in [2.45, 2.75) is 24.9 Å². The number of aromatic nitrogens is 1. The molecule has 1 unspecified atom stereocenters. The van der Waals surface area contributed by atoms with Crippen LogP contribution in [0.4, 0.5) is 0 Å². The topological polar surface area (TPSA) is 48.7 Å². The van der Waals surface area contributed by atoms with Gasteiger partial charge in [0.05, 0.1) is 12.1 Å². The fourth-order valence-corrected chi connectivity index (χ4v) is 3.36. The highest BCUT2D eigenvalue weighted by Crippen LogP contribution is 2.25. The van der Waals surface area contributed by atoms with Crippen molar-refractivity contribution in [2.75, 3.05) is 32.7 Å². The predicted octanol–water partition coefficient (Wildman–Crippen LogP) is 0.698. The molecule has 2 saturated heterocycles. The highest BCUT2D eigenvalue weighted by Gasteiger charge is 2.40. The lowest BCUT2D eigenvalue weighted by molar-refractivity contribution is 0.0174. The lowest BCUT2D eigenvalue weighted by Gasteiger charge is -2.28. The molecule has 0 bridgehead atoms. The number of hydrogen-bond donors (Lipinski definition) is 1. The highest BCUT2D eigenvalue weighted by atomic mass is 16.3. The second-order valence-corrected chi connectivity index (χ2v) is 6.19. The largest absolute Gasteiger partial charge is 0.387 e. The Balaban J connectivity index is 1.63. The molecule has 2 aliphatic heterocycles. The molecular weight excluding hydrogens is 254 g/mol. The quantitative estimate of drug-likeness (QED) is 0.884. The van der Waals surface area contributed by atoms with E-state index in [1.165, 1.54) is 12.8 Å². The van der Waals surface area contributed by atoms with E-state index in [1.807, 2.05) is 29.9 Å². The Bertz CT molecular complexity index is 493. The first-order chi connectivity index (χ1) is 9.57. The number of amides is 1. The Kier molecular flexibility index (Phi) is 3.56. The summed E-state index contributed by atoms with van der Waals surface area (Å²) in [5, 5.41) is 10.7. The normalized spacial score (nSPS) is 27.4. The third-order valence-electron chi connectivity index (χ3n) is 4.50. The monoisotopic (exact) mass is 277 g/mol. The lowest BCUT2D eigenvalue weighted by Crippen LogP contribution is -2.45. The number of aryl methyl sites for hydroxylation is 1. The Morgan fingerprint density at radius 3 is 2.75 bits per heavy atom. The summed E-state index contributed by atoms with van der Waals surface area (Å²) in [6.45, 7) is 3.95. The molecule has 0 saturated carbocycles. The Labute approximate surface area is 119 Å². The maximum atomic E-state index is 12.4. The summed E-state index contributed by atoms with van der Waals surface area (Å²) in [5.74, 6) is 0.0230. The zero-order valence-electron chi connectivity index (χ0n) is 12.1. The summed E-state index contributed by atoms with van der Waals surface area (Å²) in [5.41, 5.74) is -0.0408. The number of aliphatic hydroxyl groups is 1. The second-order valence-electron chi connectivity index (χ2n) is 6.19. The minimum atomic E-state index is -0.731. The predicted molar refractivity (Wildman–Crippen MR) is 76.6 cm³/mol. The van der Waals surface area contributed by atoms with E-state index in [4.69, 9.17) is 0 Å². The van der Waals surface area contributed by atoms with Gasteiger partial charge in [0.1, 0.15) is 5.69 Å². The van der Waals surface area contributed by atoms with Crippen molar-refractivity contribution in [1.82, 2.24) is 14.4 Å². The van der Waals surface area contributed by atoms with Crippen LogP contribution in [0.5, 0.6) is 0 Å².